The Balaban J connectivity index is 0.00000288. The summed E-state index contributed by atoms with van der Waals surface area (Å²) in [5, 5.41) is 9.71. The number of carbonyl (C=O) groups excluding carboxylic acids is 1. The van der Waals surface area contributed by atoms with Gasteiger partial charge < -0.3 is 16.0 Å². The number of nitrogens with zero attached hydrogens (tertiary/aromatic N) is 1. The number of halogens is 1. The fourth-order valence-electron chi connectivity index (χ4n) is 2.75. The van der Waals surface area contributed by atoms with Crippen molar-refractivity contribution in [2.24, 2.45) is 4.99 Å². The summed E-state index contributed by atoms with van der Waals surface area (Å²) in [7, 11) is 0. The second-order valence-corrected chi connectivity index (χ2v) is 5.86. The van der Waals surface area contributed by atoms with E-state index in [9.17, 15) is 4.79 Å². The lowest BCUT2D eigenvalue weighted by molar-refractivity contribution is 0.0953. The second-order valence-electron chi connectivity index (χ2n) is 5.86. The van der Waals surface area contributed by atoms with Crippen LogP contribution < -0.4 is 16.0 Å². The number of benzene rings is 1. The first-order chi connectivity index (χ1) is 11.3. The van der Waals surface area contributed by atoms with Crippen molar-refractivity contribution in [3.05, 3.63) is 35.9 Å². The van der Waals surface area contributed by atoms with Crippen LogP contribution in [0.5, 0.6) is 0 Å². The maximum atomic E-state index is 11.9. The van der Waals surface area contributed by atoms with E-state index in [4.69, 9.17) is 0 Å². The molecule has 134 valence electrons. The zero-order chi connectivity index (χ0) is 16.3. The van der Waals surface area contributed by atoms with Crippen molar-refractivity contribution >= 4 is 35.8 Å². The van der Waals surface area contributed by atoms with Crippen molar-refractivity contribution in [2.45, 2.75) is 45.1 Å². The summed E-state index contributed by atoms with van der Waals surface area (Å²) >= 11 is 0. The molecule has 24 heavy (non-hydrogen) atoms. The maximum absolute atomic E-state index is 11.9. The van der Waals surface area contributed by atoms with Crippen LogP contribution in [0.25, 0.3) is 0 Å². The number of nitrogens with one attached hydrogen (secondary N) is 3. The number of carbonyl (C=O) groups is 1. The third kappa shape index (κ3) is 7.51. The lowest BCUT2D eigenvalue weighted by Crippen LogP contribution is -2.42. The van der Waals surface area contributed by atoms with Gasteiger partial charge in [0.05, 0.1) is 0 Å². The van der Waals surface area contributed by atoms with Gasteiger partial charge in [0.25, 0.3) is 5.91 Å². The highest BCUT2D eigenvalue weighted by Crippen LogP contribution is 2.17. The molecule has 6 heteroatoms. The van der Waals surface area contributed by atoms with E-state index in [-0.39, 0.29) is 29.9 Å². The molecule has 1 fully saturated rings. The molecule has 0 unspecified atom stereocenters. The summed E-state index contributed by atoms with van der Waals surface area (Å²) < 4.78 is 0. The van der Waals surface area contributed by atoms with E-state index in [0.29, 0.717) is 24.7 Å². The number of rotatable bonds is 7. The predicted molar refractivity (Wildman–Crippen MR) is 110 cm³/mol. The summed E-state index contributed by atoms with van der Waals surface area (Å²) in [6.07, 6.45) is 5.92. The first-order valence-corrected chi connectivity index (χ1v) is 8.67. The first kappa shape index (κ1) is 20.7. The predicted octanol–water partition coefficient (Wildman–Crippen LogP) is 2.92. The molecule has 1 aliphatic carbocycles. The minimum atomic E-state index is -0.0226. The molecule has 3 N–H and O–H groups in total. The SMILES string of the molecule is CCNC(=NCCCNC(=O)c1ccccc1)NC1CCCC1.I. The molecule has 5 nitrogen and oxygen atoms in total. The average Bonchev–Trinajstić information content (AvgIpc) is 3.08. The van der Waals surface area contributed by atoms with Crippen LogP contribution in [0.2, 0.25) is 0 Å². The van der Waals surface area contributed by atoms with Gasteiger partial charge in [0.1, 0.15) is 0 Å². The lowest BCUT2D eigenvalue weighted by atomic mass is 10.2. The molecule has 1 aromatic carbocycles. The van der Waals surface area contributed by atoms with E-state index in [2.05, 4.69) is 27.9 Å². The summed E-state index contributed by atoms with van der Waals surface area (Å²) in [4.78, 5) is 16.5. The van der Waals surface area contributed by atoms with Crippen molar-refractivity contribution in [2.75, 3.05) is 19.6 Å². The minimum Gasteiger partial charge on any atom is -0.357 e. The van der Waals surface area contributed by atoms with E-state index in [1.807, 2.05) is 30.3 Å². The molecule has 1 aliphatic rings. The molecule has 0 bridgehead atoms. The normalized spacial score (nSPS) is 14.8. The molecule has 0 heterocycles. The molecule has 0 spiro atoms. The highest BCUT2D eigenvalue weighted by Gasteiger charge is 2.15. The standard InChI is InChI=1S/C18H28N4O.HI/c1-2-19-18(22-16-11-6-7-12-16)21-14-8-13-20-17(23)15-9-4-3-5-10-15;/h3-5,9-10,16H,2,6-8,11-14H2,1H3,(H,20,23)(H2,19,21,22);1H. The van der Waals surface area contributed by atoms with Crippen molar-refractivity contribution < 1.29 is 4.79 Å². The van der Waals surface area contributed by atoms with Gasteiger partial charge in [-0.15, -0.1) is 24.0 Å². The Hall–Kier alpha value is -1.31. The fourth-order valence-corrected chi connectivity index (χ4v) is 2.75. The number of guanidine groups is 1. The average molecular weight is 444 g/mol. The molecule has 0 aliphatic heterocycles. The fraction of sp³-hybridized carbons (Fsp3) is 0.556. The van der Waals surface area contributed by atoms with Crippen LogP contribution in [0.3, 0.4) is 0 Å². The number of aliphatic imine (C=N–C) groups is 1. The molecule has 0 atom stereocenters. The van der Waals surface area contributed by atoms with Crippen molar-refractivity contribution in [3.8, 4) is 0 Å². The molecule has 1 aromatic rings. The van der Waals surface area contributed by atoms with E-state index >= 15 is 0 Å². The van der Waals surface area contributed by atoms with Crippen LogP contribution in [0.1, 0.15) is 49.4 Å². The van der Waals surface area contributed by atoms with Crippen molar-refractivity contribution in [1.82, 2.24) is 16.0 Å². The number of amides is 1. The van der Waals surface area contributed by atoms with E-state index in [1.54, 1.807) is 0 Å². The molecular weight excluding hydrogens is 415 g/mol. The molecule has 2 rings (SSSR count). The van der Waals surface area contributed by atoms with Gasteiger partial charge in [-0.1, -0.05) is 31.0 Å². The van der Waals surface area contributed by atoms with Gasteiger partial charge in [0, 0.05) is 31.2 Å². The minimum absolute atomic E-state index is 0. The Bertz CT molecular complexity index is 501. The Morgan fingerprint density at radius 3 is 2.54 bits per heavy atom. The number of hydrogen-bond donors (Lipinski definition) is 3. The lowest BCUT2D eigenvalue weighted by Gasteiger charge is -2.16. The quantitative estimate of drug-likeness (QED) is 0.262. The summed E-state index contributed by atoms with van der Waals surface area (Å²) in [5.74, 6) is 0.874. The van der Waals surface area contributed by atoms with Crippen LogP contribution in [-0.2, 0) is 0 Å². The van der Waals surface area contributed by atoms with Crippen LogP contribution in [-0.4, -0.2) is 37.5 Å². The largest absolute Gasteiger partial charge is 0.357 e. The zero-order valence-corrected chi connectivity index (χ0v) is 16.7. The van der Waals surface area contributed by atoms with Crippen LogP contribution >= 0.6 is 24.0 Å². The molecule has 0 radical (unpaired) electrons. The molecule has 0 saturated heterocycles. The monoisotopic (exact) mass is 444 g/mol. The second kappa shape index (κ2) is 12.1. The summed E-state index contributed by atoms with van der Waals surface area (Å²) in [6, 6.07) is 9.86. The topological polar surface area (TPSA) is 65.5 Å². The Morgan fingerprint density at radius 2 is 1.88 bits per heavy atom. The molecule has 0 aromatic heterocycles. The summed E-state index contributed by atoms with van der Waals surface area (Å²) in [5.41, 5.74) is 0.701. The molecular formula is C18H29IN4O. The highest BCUT2D eigenvalue weighted by atomic mass is 127. The molecule has 1 amide bonds. The van der Waals surface area contributed by atoms with Crippen molar-refractivity contribution in [3.63, 3.8) is 0 Å². The van der Waals surface area contributed by atoms with Gasteiger partial charge in [-0.25, -0.2) is 0 Å². The highest BCUT2D eigenvalue weighted by molar-refractivity contribution is 14.0. The third-order valence-electron chi connectivity index (χ3n) is 3.97. The van der Waals surface area contributed by atoms with Gasteiger partial charge in [-0.3, -0.25) is 9.79 Å². The van der Waals surface area contributed by atoms with Crippen LogP contribution in [0, 0.1) is 0 Å². The van der Waals surface area contributed by atoms with Gasteiger partial charge >= 0.3 is 0 Å². The Morgan fingerprint density at radius 1 is 1.17 bits per heavy atom. The van der Waals surface area contributed by atoms with E-state index in [1.165, 1.54) is 25.7 Å². The van der Waals surface area contributed by atoms with Crippen molar-refractivity contribution in [1.29, 1.82) is 0 Å². The van der Waals surface area contributed by atoms with Gasteiger partial charge in [0.15, 0.2) is 5.96 Å². The zero-order valence-electron chi connectivity index (χ0n) is 14.4. The Kier molecular flexibility index (Phi) is 10.5. The van der Waals surface area contributed by atoms with Crippen LogP contribution in [0.4, 0.5) is 0 Å². The number of hydrogen-bond acceptors (Lipinski definition) is 2. The summed E-state index contributed by atoms with van der Waals surface area (Å²) in [6.45, 7) is 4.28. The van der Waals surface area contributed by atoms with E-state index in [0.717, 1.165) is 18.9 Å². The van der Waals surface area contributed by atoms with E-state index < -0.39 is 0 Å². The smallest absolute Gasteiger partial charge is 0.251 e. The van der Waals surface area contributed by atoms with Gasteiger partial charge in [-0.05, 0) is 38.3 Å². The first-order valence-electron chi connectivity index (χ1n) is 8.67. The van der Waals surface area contributed by atoms with Gasteiger partial charge in [-0.2, -0.15) is 0 Å². The van der Waals surface area contributed by atoms with Gasteiger partial charge in [0.2, 0.25) is 0 Å². The Labute approximate surface area is 162 Å². The van der Waals surface area contributed by atoms with Crippen LogP contribution in [0.15, 0.2) is 35.3 Å². The maximum Gasteiger partial charge on any atom is 0.251 e. The third-order valence-corrected chi connectivity index (χ3v) is 3.97. The molecule has 1 saturated carbocycles.